The van der Waals surface area contributed by atoms with Crippen LogP contribution in [0.3, 0.4) is 0 Å². The Hall–Kier alpha value is -6.32. The van der Waals surface area contributed by atoms with Gasteiger partial charge in [0.05, 0.1) is 33.6 Å². The van der Waals surface area contributed by atoms with Crippen LogP contribution in [0, 0.1) is 0 Å². The molecule has 2 aromatic carbocycles. The second-order valence-corrected chi connectivity index (χ2v) is 21.1. The van der Waals surface area contributed by atoms with Crippen molar-refractivity contribution in [2.24, 2.45) is 0 Å². The van der Waals surface area contributed by atoms with Gasteiger partial charge in [0.25, 0.3) is 17.7 Å². The molecular weight excluding hydrogens is 945 g/mol. The molecule has 8 rings (SSSR count). The van der Waals surface area contributed by atoms with Crippen molar-refractivity contribution in [2.75, 3.05) is 51.2 Å². The third-order valence-electron chi connectivity index (χ3n) is 14.1. The molecule has 1 atom stereocenters. The van der Waals surface area contributed by atoms with Crippen LogP contribution in [0.1, 0.15) is 143 Å². The molecule has 4 N–H and O–H groups in total. The minimum atomic E-state index is -3.80. The Morgan fingerprint density at radius 2 is 1.54 bits per heavy atom. The van der Waals surface area contributed by atoms with Crippen LogP contribution in [0.15, 0.2) is 53.6 Å². The summed E-state index contributed by atoms with van der Waals surface area (Å²) in [5.41, 5.74) is 2.21. The number of hydrogen-bond donors (Lipinski definition) is 4. The Morgan fingerprint density at radius 1 is 0.833 bits per heavy atom. The molecule has 3 aliphatic heterocycles. The summed E-state index contributed by atoms with van der Waals surface area (Å²) in [6, 6.07) is 10.3. The Morgan fingerprint density at radius 3 is 2.25 bits per heavy atom. The van der Waals surface area contributed by atoms with Crippen molar-refractivity contribution < 1.29 is 47.0 Å². The zero-order valence-electron chi connectivity index (χ0n) is 41.0. The molecule has 20 nitrogen and oxygen atoms in total. The largest absolute Gasteiger partial charge is 0.483 e. The molecule has 0 bridgehead atoms. The van der Waals surface area contributed by atoms with Gasteiger partial charge in [-0.3, -0.25) is 39.0 Å². The van der Waals surface area contributed by atoms with Crippen molar-refractivity contribution in [3.8, 4) is 17.0 Å². The first-order valence-corrected chi connectivity index (χ1v) is 27.1. The number of piperazine rings is 1. The number of anilines is 1. The fourth-order valence-corrected chi connectivity index (χ4v) is 11.3. The number of rotatable bonds is 23. The number of nitrogens with zero attached hydrogens (tertiary/aromatic N) is 7. The summed E-state index contributed by atoms with van der Waals surface area (Å²) in [7, 11) is -3.80. The smallest absolute Gasteiger partial charge is 0.266 e. The summed E-state index contributed by atoms with van der Waals surface area (Å²) >= 11 is 0. The third-order valence-corrected chi connectivity index (χ3v) is 16.0. The highest BCUT2D eigenvalue weighted by molar-refractivity contribution is 7.89. The van der Waals surface area contributed by atoms with Crippen LogP contribution in [0.25, 0.3) is 22.3 Å². The van der Waals surface area contributed by atoms with Gasteiger partial charge in [0.1, 0.15) is 17.5 Å². The highest BCUT2D eigenvalue weighted by Crippen LogP contribution is 2.36. The van der Waals surface area contributed by atoms with E-state index < -0.39 is 39.7 Å². The van der Waals surface area contributed by atoms with E-state index in [-0.39, 0.29) is 78.3 Å². The van der Waals surface area contributed by atoms with Crippen LogP contribution in [0.2, 0.25) is 0 Å². The van der Waals surface area contributed by atoms with Gasteiger partial charge in [0.2, 0.25) is 33.7 Å². The van der Waals surface area contributed by atoms with E-state index in [0.717, 1.165) is 99.4 Å². The van der Waals surface area contributed by atoms with Crippen molar-refractivity contribution >= 4 is 62.4 Å². The third kappa shape index (κ3) is 12.1. The van der Waals surface area contributed by atoms with E-state index >= 15 is 0 Å². The van der Waals surface area contributed by atoms with Gasteiger partial charge in [0.15, 0.2) is 12.3 Å². The lowest BCUT2D eigenvalue weighted by Gasteiger charge is -2.34. The molecule has 1 saturated carbocycles. The van der Waals surface area contributed by atoms with Crippen LogP contribution in [-0.4, -0.2) is 141 Å². The predicted octanol–water partition coefficient (Wildman–Crippen LogP) is 5.12. The number of ether oxygens (including phenoxy) is 1. The van der Waals surface area contributed by atoms with Crippen LogP contribution >= 0.6 is 0 Å². The normalized spacial score (nSPS) is 19.7. The molecule has 1 unspecified atom stereocenters. The standard InChI is InChI=1S/C51H66N10O10S/c1-2-3-26-53-51-54-32-39-46(57-61(47(39)56-51)35-18-20-36(62)21-19-35)34-16-22-37(23-17-34)72(69,70)59-30-28-58(29-31-59)44(65)15-10-8-6-4-5-7-9-11-27-52-43(64)33-71-41-14-12-13-38-45(41)50(68)60(49(38)67)40-24-25-42(63)55-48(40)66/h12-14,16-17,22-23,32,35-36,40,62H,2-11,15,18-21,24-31,33H2,1H3,(H,52,64)(H,53,54,56)(H,55,63,66)/t35-,36-,40?. The van der Waals surface area contributed by atoms with Gasteiger partial charge in [-0.25, -0.2) is 18.1 Å². The average Bonchev–Trinajstić information content (AvgIpc) is 3.88. The summed E-state index contributed by atoms with van der Waals surface area (Å²) < 4.78 is 36.6. The summed E-state index contributed by atoms with van der Waals surface area (Å²) in [6.07, 6.45) is 14.4. The number of carbonyl (C=O) groups excluding carboxylic acids is 6. The van der Waals surface area contributed by atoms with Crippen molar-refractivity contribution in [3.05, 3.63) is 59.8 Å². The number of aliphatic hydroxyl groups excluding tert-OH is 1. The van der Waals surface area contributed by atoms with E-state index in [0.29, 0.717) is 56.2 Å². The maximum absolute atomic E-state index is 13.8. The molecular formula is C51H66N10O10S. The monoisotopic (exact) mass is 1010 g/mol. The molecule has 6 amide bonds. The molecule has 386 valence electrons. The number of sulfonamides is 1. The zero-order chi connectivity index (χ0) is 50.8. The molecule has 5 heterocycles. The summed E-state index contributed by atoms with van der Waals surface area (Å²) in [4.78, 5) is 88.1. The summed E-state index contributed by atoms with van der Waals surface area (Å²) in [5, 5.41) is 24.2. The molecule has 4 aliphatic rings. The average molecular weight is 1010 g/mol. The van der Waals surface area contributed by atoms with E-state index in [9.17, 15) is 42.3 Å². The second kappa shape index (κ2) is 23.9. The number of imide groups is 2. The van der Waals surface area contributed by atoms with Gasteiger partial charge >= 0.3 is 0 Å². The number of piperidine rings is 1. The van der Waals surface area contributed by atoms with Crippen molar-refractivity contribution in [1.82, 2.24) is 44.5 Å². The molecule has 2 saturated heterocycles. The van der Waals surface area contributed by atoms with Crippen LogP contribution in [0.4, 0.5) is 5.95 Å². The number of fused-ring (bicyclic) bond motifs is 2. The van der Waals surface area contributed by atoms with E-state index in [1.54, 1.807) is 35.4 Å². The van der Waals surface area contributed by atoms with Gasteiger partial charge in [-0.1, -0.05) is 70.1 Å². The molecule has 0 spiro atoms. The highest BCUT2D eigenvalue weighted by Gasteiger charge is 2.46. The van der Waals surface area contributed by atoms with Gasteiger partial charge in [0, 0.05) is 63.9 Å². The molecule has 1 aliphatic carbocycles. The van der Waals surface area contributed by atoms with Crippen molar-refractivity contribution in [1.29, 1.82) is 0 Å². The van der Waals surface area contributed by atoms with E-state index in [1.807, 2.05) is 4.68 Å². The molecule has 21 heteroatoms. The molecule has 3 fully saturated rings. The minimum absolute atomic E-state index is 0.00862. The lowest BCUT2D eigenvalue weighted by molar-refractivity contribution is -0.136. The number of carbonyl (C=O) groups is 6. The number of amides is 6. The number of unbranched alkanes of at least 4 members (excludes halogenated alkanes) is 8. The number of hydrogen-bond acceptors (Lipinski definition) is 14. The molecule has 0 radical (unpaired) electrons. The van der Waals surface area contributed by atoms with Crippen LogP contribution < -0.4 is 20.7 Å². The summed E-state index contributed by atoms with van der Waals surface area (Å²) in [6.45, 7) is 4.11. The van der Waals surface area contributed by atoms with E-state index in [2.05, 4.69) is 27.9 Å². The highest BCUT2D eigenvalue weighted by atomic mass is 32.2. The lowest BCUT2D eigenvalue weighted by atomic mass is 9.93. The number of aliphatic hydroxyl groups is 1. The predicted molar refractivity (Wildman–Crippen MR) is 266 cm³/mol. The van der Waals surface area contributed by atoms with Gasteiger partial charge < -0.3 is 25.4 Å². The van der Waals surface area contributed by atoms with E-state index in [4.69, 9.17) is 14.8 Å². The zero-order valence-corrected chi connectivity index (χ0v) is 41.8. The van der Waals surface area contributed by atoms with E-state index in [1.165, 1.54) is 22.5 Å². The van der Waals surface area contributed by atoms with Crippen molar-refractivity contribution in [2.45, 2.75) is 139 Å². The van der Waals surface area contributed by atoms with Gasteiger partial charge in [-0.05, 0) is 75.6 Å². The fraction of sp³-hybridized carbons (Fsp3) is 0.549. The lowest BCUT2D eigenvalue weighted by Crippen LogP contribution is -2.54. The van der Waals surface area contributed by atoms with Crippen molar-refractivity contribution in [3.63, 3.8) is 0 Å². The first-order chi connectivity index (χ1) is 34.8. The Kier molecular flexibility index (Phi) is 17.3. The number of benzene rings is 2. The van der Waals surface area contributed by atoms with Gasteiger partial charge in [-0.15, -0.1) is 0 Å². The quantitative estimate of drug-likeness (QED) is 0.0556. The Balaban J connectivity index is 0.696. The SMILES string of the molecule is CCCCNc1ncc2c(-c3ccc(S(=O)(=O)N4CCN(C(=O)CCCCCCCCCCNC(=O)COc5cccc6c5C(=O)N(C5CCC(=O)NC5=O)C6=O)CC4)cc3)nn([C@H]3CC[C@H](O)CC3)c2n1. The van der Waals surface area contributed by atoms with Crippen LogP contribution in [-0.2, 0) is 29.2 Å². The Bertz CT molecular complexity index is 2730. The minimum Gasteiger partial charge on any atom is -0.483 e. The second-order valence-electron chi connectivity index (χ2n) is 19.1. The van der Waals surface area contributed by atoms with Crippen LogP contribution in [0.5, 0.6) is 5.75 Å². The maximum Gasteiger partial charge on any atom is 0.266 e. The maximum atomic E-state index is 13.8. The first-order valence-electron chi connectivity index (χ1n) is 25.6. The summed E-state index contributed by atoms with van der Waals surface area (Å²) in [5.74, 6) is -2.24. The Labute approximate surface area is 419 Å². The molecule has 4 aromatic rings. The number of aromatic nitrogens is 4. The molecule has 2 aromatic heterocycles. The number of nitrogens with one attached hydrogen (secondary N) is 3. The fourth-order valence-electron chi connectivity index (χ4n) is 9.91. The topological polar surface area (TPSA) is 255 Å². The molecule has 72 heavy (non-hydrogen) atoms. The first kappa shape index (κ1) is 52.0. The van der Waals surface area contributed by atoms with Gasteiger partial charge in [-0.2, -0.15) is 14.4 Å².